The molecule has 1 aliphatic rings. The highest BCUT2D eigenvalue weighted by atomic mass is 35.5. The zero-order chi connectivity index (χ0) is 18.6. The Bertz CT molecular complexity index is 609. The van der Waals surface area contributed by atoms with Gasteiger partial charge in [-0.15, -0.1) is 12.4 Å². The summed E-state index contributed by atoms with van der Waals surface area (Å²) < 4.78 is 45.3. The second-order valence-electron chi connectivity index (χ2n) is 6.73. The molecule has 1 fully saturated rings. The fraction of sp³-hybridized carbons (Fsp3) is 0.611. The molecule has 1 aromatic carbocycles. The molecule has 0 aromatic heterocycles. The van der Waals surface area contributed by atoms with E-state index in [0.29, 0.717) is 6.54 Å². The van der Waals surface area contributed by atoms with Gasteiger partial charge < -0.3 is 15.8 Å². The van der Waals surface area contributed by atoms with Crippen molar-refractivity contribution in [2.45, 2.75) is 51.9 Å². The van der Waals surface area contributed by atoms with Gasteiger partial charge >= 0.3 is 6.18 Å². The van der Waals surface area contributed by atoms with Crippen molar-refractivity contribution in [3.05, 3.63) is 29.3 Å². The third kappa shape index (κ3) is 5.77. The Kier molecular flexibility index (Phi) is 8.21. The molecule has 1 amide bonds. The Morgan fingerprint density at radius 1 is 1.35 bits per heavy atom. The maximum Gasteiger partial charge on any atom is 0.416 e. The number of amides is 1. The van der Waals surface area contributed by atoms with E-state index in [1.807, 2.05) is 0 Å². The number of nitrogens with one attached hydrogen (secondary N) is 1. The minimum Gasteiger partial charge on any atom is -0.491 e. The largest absolute Gasteiger partial charge is 0.491 e. The summed E-state index contributed by atoms with van der Waals surface area (Å²) in [5.74, 6) is -0.147. The predicted octanol–water partition coefficient (Wildman–Crippen LogP) is 3.91. The highest BCUT2D eigenvalue weighted by Gasteiger charge is 2.35. The lowest BCUT2D eigenvalue weighted by molar-refractivity contribution is -0.138. The van der Waals surface area contributed by atoms with E-state index in [2.05, 4.69) is 5.32 Å². The molecular formula is C18H26ClF3N2O2. The van der Waals surface area contributed by atoms with Crippen LogP contribution in [0.3, 0.4) is 0 Å². The van der Waals surface area contributed by atoms with Gasteiger partial charge in [-0.1, -0.05) is 12.5 Å². The monoisotopic (exact) mass is 394 g/mol. The Morgan fingerprint density at radius 2 is 2.04 bits per heavy atom. The Balaban J connectivity index is 0.00000338. The first kappa shape index (κ1) is 22.6. The van der Waals surface area contributed by atoms with Crippen LogP contribution in [0.2, 0.25) is 0 Å². The van der Waals surface area contributed by atoms with Crippen LogP contribution in [-0.4, -0.2) is 18.6 Å². The molecule has 0 bridgehead atoms. The normalized spacial score (nSPS) is 20.0. The van der Waals surface area contributed by atoms with Gasteiger partial charge in [-0.3, -0.25) is 4.79 Å². The summed E-state index contributed by atoms with van der Waals surface area (Å²) in [5.41, 5.74) is 4.91. The van der Waals surface area contributed by atoms with Crippen LogP contribution in [0.1, 0.15) is 44.2 Å². The molecule has 2 rings (SSSR count). The van der Waals surface area contributed by atoms with Crippen molar-refractivity contribution in [1.29, 1.82) is 0 Å². The molecule has 1 aromatic rings. The van der Waals surface area contributed by atoms with Crippen molar-refractivity contribution in [3.8, 4) is 5.75 Å². The van der Waals surface area contributed by atoms with E-state index in [9.17, 15) is 18.0 Å². The summed E-state index contributed by atoms with van der Waals surface area (Å²) in [6, 6.07) is 3.84. The van der Waals surface area contributed by atoms with Crippen LogP contribution in [0.15, 0.2) is 18.2 Å². The number of alkyl halides is 3. The molecule has 0 heterocycles. The van der Waals surface area contributed by atoms with Crippen LogP contribution in [0, 0.1) is 11.8 Å². The van der Waals surface area contributed by atoms with Crippen LogP contribution in [-0.2, 0) is 17.5 Å². The molecule has 0 aliphatic heterocycles. The van der Waals surface area contributed by atoms with Gasteiger partial charge in [0.25, 0.3) is 0 Å². The summed E-state index contributed by atoms with van der Waals surface area (Å²) >= 11 is 0. The maximum atomic E-state index is 13.3. The number of carbonyl (C=O) groups is 1. The Labute approximate surface area is 158 Å². The van der Waals surface area contributed by atoms with E-state index in [1.165, 1.54) is 12.1 Å². The third-order valence-corrected chi connectivity index (χ3v) is 4.51. The van der Waals surface area contributed by atoms with Crippen LogP contribution < -0.4 is 15.8 Å². The second kappa shape index (κ2) is 9.46. The van der Waals surface area contributed by atoms with Gasteiger partial charge in [0, 0.05) is 12.5 Å². The third-order valence-electron chi connectivity index (χ3n) is 4.51. The molecule has 148 valence electrons. The lowest BCUT2D eigenvalue weighted by Gasteiger charge is -2.19. The number of ether oxygens (including phenoxy) is 1. The Hall–Kier alpha value is -1.47. The van der Waals surface area contributed by atoms with Crippen molar-refractivity contribution in [2.24, 2.45) is 17.6 Å². The average molecular weight is 395 g/mol. The van der Waals surface area contributed by atoms with Crippen LogP contribution in [0.4, 0.5) is 13.2 Å². The first-order valence-corrected chi connectivity index (χ1v) is 8.57. The minimum atomic E-state index is -4.51. The number of rotatable bonds is 6. The molecule has 1 aliphatic carbocycles. The van der Waals surface area contributed by atoms with E-state index in [4.69, 9.17) is 10.5 Å². The predicted molar refractivity (Wildman–Crippen MR) is 96.2 cm³/mol. The number of hydrogen-bond acceptors (Lipinski definition) is 3. The van der Waals surface area contributed by atoms with Crippen LogP contribution >= 0.6 is 12.4 Å². The van der Waals surface area contributed by atoms with Crippen LogP contribution in [0.25, 0.3) is 0 Å². The summed E-state index contributed by atoms with van der Waals surface area (Å²) in [6.07, 6.45) is -2.18. The number of hydrogen-bond donors (Lipinski definition) is 2. The molecule has 0 spiro atoms. The number of nitrogens with two attached hydrogens (primary N) is 1. The van der Waals surface area contributed by atoms with E-state index < -0.39 is 11.7 Å². The molecule has 0 saturated heterocycles. The number of halogens is 4. The van der Waals surface area contributed by atoms with Gasteiger partial charge in [0.05, 0.1) is 11.7 Å². The number of benzene rings is 1. The lowest BCUT2D eigenvalue weighted by Crippen LogP contribution is -2.35. The lowest BCUT2D eigenvalue weighted by atomic mass is 9.95. The SMILES string of the molecule is CC(C)Oc1ccc(CNC(=O)[C@@H]2CCC[C@@H]2CN)c(C(F)(F)F)c1.Cl. The van der Waals surface area contributed by atoms with E-state index >= 15 is 0 Å². The van der Waals surface area contributed by atoms with Gasteiger partial charge in [0.1, 0.15) is 5.75 Å². The highest BCUT2D eigenvalue weighted by Crippen LogP contribution is 2.35. The van der Waals surface area contributed by atoms with Crippen molar-refractivity contribution < 1.29 is 22.7 Å². The summed E-state index contributed by atoms with van der Waals surface area (Å²) in [6.45, 7) is 3.75. The second-order valence-corrected chi connectivity index (χ2v) is 6.73. The number of carbonyl (C=O) groups excluding carboxylic acids is 1. The molecule has 0 radical (unpaired) electrons. The van der Waals surface area contributed by atoms with Crippen molar-refractivity contribution in [2.75, 3.05) is 6.54 Å². The van der Waals surface area contributed by atoms with Gasteiger partial charge in [-0.25, -0.2) is 0 Å². The summed E-state index contributed by atoms with van der Waals surface area (Å²) in [7, 11) is 0. The molecule has 4 nitrogen and oxygen atoms in total. The van der Waals surface area contributed by atoms with E-state index in [0.717, 1.165) is 25.3 Å². The fourth-order valence-corrected chi connectivity index (χ4v) is 3.30. The van der Waals surface area contributed by atoms with Gasteiger partial charge in [0.2, 0.25) is 5.91 Å². The molecule has 26 heavy (non-hydrogen) atoms. The fourth-order valence-electron chi connectivity index (χ4n) is 3.30. The van der Waals surface area contributed by atoms with E-state index in [-0.39, 0.29) is 54.1 Å². The van der Waals surface area contributed by atoms with Crippen molar-refractivity contribution >= 4 is 18.3 Å². The first-order valence-electron chi connectivity index (χ1n) is 8.57. The zero-order valence-corrected chi connectivity index (χ0v) is 15.8. The maximum absolute atomic E-state index is 13.3. The summed E-state index contributed by atoms with van der Waals surface area (Å²) in [5, 5.41) is 2.64. The summed E-state index contributed by atoms with van der Waals surface area (Å²) in [4.78, 5) is 12.3. The minimum absolute atomic E-state index is 0. The molecule has 1 saturated carbocycles. The van der Waals surface area contributed by atoms with Crippen LogP contribution in [0.5, 0.6) is 5.75 Å². The molecule has 2 atom stereocenters. The molecular weight excluding hydrogens is 369 g/mol. The quantitative estimate of drug-likeness (QED) is 0.769. The molecule has 8 heteroatoms. The Morgan fingerprint density at radius 3 is 2.62 bits per heavy atom. The smallest absolute Gasteiger partial charge is 0.416 e. The van der Waals surface area contributed by atoms with E-state index in [1.54, 1.807) is 13.8 Å². The molecule has 0 unspecified atom stereocenters. The zero-order valence-electron chi connectivity index (χ0n) is 14.9. The standard InChI is InChI=1S/C18H25F3N2O2.ClH/c1-11(2)25-14-7-6-13(16(8-14)18(19,20)21)10-23-17(24)15-5-3-4-12(15)9-22;/h6-8,11-12,15H,3-5,9-10,22H2,1-2H3,(H,23,24);1H/t12-,15-;/m1./s1. The van der Waals surface area contributed by atoms with Gasteiger partial charge in [0.15, 0.2) is 0 Å². The highest BCUT2D eigenvalue weighted by molar-refractivity contribution is 5.85. The average Bonchev–Trinajstić information content (AvgIpc) is 3.00. The van der Waals surface area contributed by atoms with Gasteiger partial charge in [-0.05, 0) is 56.8 Å². The van der Waals surface area contributed by atoms with Crippen molar-refractivity contribution in [1.82, 2.24) is 5.32 Å². The van der Waals surface area contributed by atoms with Gasteiger partial charge in [-0.2, -0.15) is 13.2 Å². The first-order chi connectivity index (χ1) is 11.7. The molecule has 3 N–H and O–H groups in total. The topological polar surface area (TPSA) is 64.3 Å². The van der Waals surface area contributed by atoms with Crippen molar-refractivity contribution in [3.63, 3.8) is 0 Å².